The fraction of sp³-hybridized carbons (Fsp3) is 0.400. The van der Waals surface area contributed by atoms with Crippen LogP contribution in [0, 0.1) is 17.1 Å². The van der Waals surface area contributed by atoms with Gasteiger partial charge in [0.05, 0.1) is 23.2 Å². The molecule has 0 bridgehead atoms. The molecule has 1 aromatic carbocycles. The van der Waals surface area contributed by atoms with Crippen LogP contribution in [0.1, 0.15) is 57.2 Å². The Morgan fingerprint density at radius 2 is 1.91 bits per heavy atom. The molecule has 0 radical (unpaired) electrons. The lowest BCUT2D eigenvalue weighted by molar-refractivity contribution is -0.115. The van der Waals surface area contributed by atoms with Crippen LogP contribution in [0.2, 0.25) is 0 Å². The van der Waals surface area contributed by atoms with Gasteiger partial charge < -0.3 is 15.4 Å². The molecular formula is C25H25F4N3O3. The molecule has 0 saturated heterocycles. The molecule has 6 nitrogen and oxygen atoms in total. The van der Waals surface area contributed by atoms with Gasteiger partial charge in [0.1, 0.15) is 17.5 Å². The summed E-state index contributed by atoms with van der Waals surface area (Å²) in [4.78, 5) is 24.9. The van der Waals surface area contributed by atoms with Crippen LogP contribution in [0.4, 0.5) is 22.4 Å². The van der Waals surface area contributed by atoms with Gasteiger partial charge in [-0.3, -0.25) is 4.79 Å². The molecule has 0 aliphatic heterocycles. The minimum Gasteiger partial charge on any atom is -0.444 e. The van der Waals surface area contributed by atoms with Crippen LogP contribution in [0.3, 0.4) is 0 Å². The summed E-state index contributed by atoms with van der Waals surface area (Å²) < 4.78 is 59.8. The predicted octanol–water partition coefficient (Wildman–Crippen LogP) is 5.29. The van der Waals surface area contributed by atoms with E-state index in [1.807, 2.05) is 6.07 Å². The molecule has 0 spiro atoms. The summed E-state index contributed by atoms with van der Waals surface area (Å²) in [6.07, 6.45) is -1.66. The molecule has 1 aromatic rings. The molecule has 0 saturated carbocycles. The first kappa shape index (κ1) is 26.0. The highest BCUT2D eigenvalue weighted by Crippen LogP contribution is 2.37. The summed E-state index contributed by atoms with van der Waals surface area (Å²) in [7, 11) is 0. The first-order valence-electron chi connectivity index (χ1n) is 11.0. The van der Waals surface area contributed by atoms with Gasteiger partial charge in [-0.15, -0.1) is 0 Å². The maximum absolute atomic E-state index is 15.0. The van der Waals surface area contributed by atoms with Gasteiger partial charge in [-0.25, -0.2) is 9.18 Å². The summed E-state index contributed by atoms with van der Waals surface area (Å²) in [5, 5.41) is 14.6. The van der Waals surface area contributed by atoms with Crippen molar-refractivity contribution in [3.63, 3.8) is 0 Å². The second kappa shape index (κ2) is 9.94. The van der Waals surface area contributed by atoms with E-state index in [0.29, 0.717) is 30.5 Å². The molecule has 35 heavy (non-hydrogen) atoms. The molecule has 0 heterocycles. The highest BCUT2D eigenvalue weighted by atomic mass is 19.4. The molecule has 0 fully saturated rings. The number of hydrogen-bond donors (Lipinski definition) is 2. The van der Waals surface area contributed by atoms with Gasteiger partial charge in [0, 0.05) is 11.3 Å². The third-order valence-electron chi connectivity index (χ3n) is 5.45. The largest absolute Gasteiger partial charge is 0.444 e. The zero-order chi connectivity index (χ0) is 26.0. The minimum atomic E-state index is -4.61. The summed E-state index contributed by atoms with van der Waals surface area (Å²) in [6.45, 7) is 5.00. The number of benzene rings is 1. The van der Waals surface area contributed by atoms with E-state index >= 15 is 0 Å². The molecule has 2 atom stereocenters. The van der Waals surface area contributed by atoms with Crippen molar-refractivity contribution in [1.29, 1.82) is 5.26 Å². The topological polar surface area (TPSA) is 91.2 Å². The Labute approximate surface area is 200 Å². The molecule has 10 heteroatoms. The molecule has 186 valence electrons. The number of nitriles is 1. The Hall–Kier alpha value is -3.61. The molecule has 0 aromatic heterocycles. The van der Waals surface area contributed by atoms with Crippen molar-refractivity contribution in [2.24, 2.45) is 0 Å². The number of amides is 1. The summed E-state index contributed by atoms with van der Waals surface area (Å²) in [5.74, 6) is -1.29. The second-order valence-corrected chi connectivity index (χ2v) is 9.26. The first-order valence-corrected chi connectivity index (χ1v) is 11.0. The van der Waals surface area contributed by atoms with Crippen LogP contribution >= 0.6 is 0 Å². The van der Waals surface area contributed by atoms with Crippen LogP contribution in [-0.4, -0.2) is 29.7 Å². The molecule has 2 N–H and O–H groups in total. The van der Waals surface area contributed by atoms with Gasteiger partial charge in [0.15, 0.2) is 5.78 Å². The Bertz CT molecular complexity index is 1150. The number of hydrogen-bond acceptors (Lipinski definition) is 5. The lowest BCUT2D eigenvalue weighted by atomic mass is 9.95. The number of ether oxygens (including phenoxy) is 1. The molecule has 2 aliphatic carbocycles. The van der Waals surface area contributed by atoms with Crippen LogP contribution in [0.5, 0.6) is 0 Å². The van der Waals surface area contributed by atoms with Gasteiger partial charge in [0.2, 0.25) is 0 Å². The van der Waals surface area contributed by atoms with Crippen molar-refractivity contribution in [2.45, 2.75) is 63.9 Å². The van der Waals surface area contributed by atoms with E-state index < -0.39 is 47.1 Å². The number of ketones is 1. The number of alkyl halides is 3. The van der Waals surface area contributed by atoms with Gasteiger partial charge in [0.25, 0.3) is 0 Å². The van der Waals surface area contributed by atoms with Crippen molar-refractivity contribution in [3.05, 3.63) is 70.2 Å². The number of rotatable bonds is 5. The highest BCUT2D eigenvalue weighted by molar-refractivity contribution is 5.98. The molecular weight excluding hydrogens is 466 g/mol. The number of nitrogens with zero attached hydrogens (tertiary/aromatic N) is 1. The molecule has 2 aliphatic rings. The second-order valence-electron chi connectivity index (χ2n) is 9.26. The van der Waals surface area contributed by atoms with Crippen molar-refractivity contribution in [1.82, 2.24) is 10.6 Å². The smallest absolute Gasteiger partial charge is 0.416 e. The van der Waals surface area contributed by atoms with Crippen molar-refractivity contribution in [3.8, 4) is 6.07 Å². The number of nitrogens with one attached hydrogen (secondary N) is 2. The number of carbonyl (C=O) groups excluding carboxylic acids is 2. The maximum Gasteiger partial charge on any atom is 0.416 e. The lowest BCUT2D eigenvalue weighted by Crippen LogP contribution is -2.39. The fourth-order valence-corrected chi connectivity index (χ4v) is 3.94. The van der Waals surface area contributed by atoms with Crippen molar-refractivity contribution >= 4 is 11.9 Å². The third kappa shape index (κ3) is 6.50. The minimum absolute atomic E-state index is 0.0625. The van der Waals surface area contributed by atoms with Crippen molar-refractivity contribution in [2.75, 3.05) is 0 Å². The predicted molar refractivity (Wildman–Crippen MR) is 119 cm³/mol. The number of allylic oxidation sites excluding steroid dienone is 3. The van der Waals surface area contributed by atoms with Crippen LogP contribution in [0.15, 0.2) is 53.3 Å². The van der Waals surface area contributed by atoms with E-state index in [1.165, 1.54) is 12.1 Å². The van der Waals surface area contributed by atoms with E-state index in [9.17, 15) is 27.2 Å². The summed E-state index contributed by atoms with van der Waals surface area (Å²) >= 11 is 0. The van der Waals surface area contributed by atoms with Crippen molar-refractivity contribution < 1.29 is 31.9 Å². The first-order chi connectivity index (χ1) is 16.3. The summed E-state index contributed by atoms with van der Waals surface area (Å²) in [5.41, 5.74) is -0.665. The average Bonchev–Trinajstić information content (AvgIpc) is 3.19. The fourth-order valence-electron chi connectivity index (χ4n) is 3.94. The SMILES string of the molecule is CC(C)(C)OC(=O)NC(C1=C(NC2C=C(C(F)(F)F)C=CC2=O)CCC1)c1ccc(C#N)cc1F. The number of carbonyl (C=O) groups is 2. The Morgan fingerprint density at radius 1 is 1.20 bits per heavy atom. The van der Waals surface area contributed by atoms with Gasteiger partial charge in [-0.2, -0.15) is 18.4 Å². The highest BCUT2D eigenvalue weighted by Gasteiger charge is 2.36. The van der Waals surface area contributed by atoms with E-state index in [0.717, 1.165) is 24.3 Å². The number of halogens is 4. The zero-order valence-corrected chi connectivity index (χ0v) is 19.4. The molecule has 2 unspecified atom stereocenters. The van der Waals surface area contributed by atoms with E-state index in [4.69, 9.17) is 10.00 Å². The average molecular weight is 491 g/mol. The molecule has 1 amide bonds. The van der Waals surface area contributed by atoms with E-state index in [1.54, 1.807) is 20.8 Å². The standard InChI is InChI=1S/C25H25F4N3O3/c1-24(2,3)35-23(34)32-22(16-9-7-14(13-30)11-18(16)26)17-5-4-6-19(17)31-20-12-15(25(27,28)29)8-10-21(20)33/h7-12,20,22,31H,4-6H2,1-3H3,(H,32,34). The number of alkyl carbamates (subject to hydrolysis) is 1. The van der Waals surface area contributed by atoms with Gasteiger partial charge in [-0.05, 0) is 76.0 Å². The van der Waals surface area contributed by atoms with E-state index in [2.05, 4.69) is 10.6 Å². The Balaban J connectivity index is 2.00. The maximum atomic E-state index is 15.0. The van der Waals surface area contributed by atoms with E-state index in [-0.39, 0.29) is 11.1 Å². The van der Waals surface area contributed by atoms with Crippen LogP contribution < -0.4 is 10.6 Å². The van der Waals surface area contributed by atoms with Crippen LogP contribution in [0.25, 0.3) is 0 Å². The Morgan fingerprint density at radius 3 is 2.51 bits per heavy atom. The zero-order valence-electron chi connectivity index (χ0n) is 19.4. The summed E-state index contributed by atoms with van der Waals surface area (Å²) in [6, 6.07) is 3.37. The Kier molecular flexibility index (Phi) is 7.38. The quantitative estimate of drug-likeness (QED) is 0.547. The molecule has 3 rings (SSSR count). The van der Waals surface area contributed by atoms with Gasteiger partial charge in [-0.1, -0.05) is 6.07 Å². The van der Waals surface area contributed by atoms with Crippen LogP contribution in [-0.2, 0) is 9.53 Å². The van der Waals surface area contributed by atoms with Gasteiger partial charge >= 0.3 is 12.3 Å². The normalized spacial score (nSPS) is 19.2. The lowest BCUT2D eigenvalue weighted by Gasteiger charge is -2.27. The monoisotopic (exact) mass is 491 g/mol. The third-order valence-corrected chi connectivity index (χ3v) is 5.45.